The minimum absolute atomic E-state index is 0.109. The highest BCUT2D eigenvalue weighted by molar-refractivity contribution is 5.73. The first-order chi connectivity index (χ1) is 11.3. The maximum absolute atomic E-state index is 11.5. The van der Waals surface area contributed by atoms with E-state index in [2.05, 4.69) is 35.9 Å². The summed E-state index contributed by atoms with van der Waals surface area (Å²) in [5.41, 5.74) is 0.664. The Bertz CT molecular complexity index is 739. The minimum atomic E-state index is -0.109. The van der Waals surface area contributed by atoms with Crippen LogP contribution in [0.25, 0.3) is 5.65 Å². The highest BCUT2D eigenvalue weighted by Gasteiger charge is 2.26. The summed E-state index contributed by atoms with van der Waals surface area (Å²) in [6.07, 6.45) is 1.92. The number of nitrogens with zero attached hydrogens (tertiary/aromatic N) is 6. The second-order valence-corrected chi connectivity index (χ2v) is 7.58. The maximum atomic E-state index is 11.5. The molecule has 0 atom stereocenters. The van der Waals surface area contributed by atoms with Gasteiger partial charge in [-0.3, -0.25) is 4.79 Å². The summed E-state index contributed by atoms with van der Waals surface area (Å²) in [5, 5.41) is 13.3. The number of aromatic nitrogens is 4. The number of carbonyl (C=O) groups excluding carboxylic acids is 1. The van der Waals surface area contributed by atoms with Gasteiger partial charge in [-0.05, 0) is 25.0 Å². The summed E-state index contributed by atoms with van der Waals surface area (Å²) >= 11 is 0. The third-order valence-corrected chi connectivity index (χ3v) is 4.75. The lowest BCUT2D eigenvalue weighted by Crippen LogP contribution is -2.45. The van der Waals surface area contributed by atoms with E-state index < -0.39 is 0 Å². The van der Waals surface area contributed by atoms with Crippen molar-refractivity contribution < 1.29 is 4.79 Å². The van der Waals surface area contributed by atoms with Crippen molar-refractivity contribution in [2.24, 2.45) is 0 Å². The molecule has 0 saturated carbocycles. The molecule has 0 aromatic carbocycles. The normalized spacial score (nSPS) is 16.6. The topological polar surface area (TPSA) is 66.6 Å². The number of anilines is 1. The van der Waals surface area contributed by atoms with Crippen molar-refractivity contribution in [2.75, 3.05) is 25.0 Å². The fourth-order valence-electron chi connectivity index (χ4n) is 3.15. The Morgan fingerprint density at radius 2 is 1.88 bits per heavy atom. The summed E-state index contributed by atoms with van der Waals surface area (Å²) in [6, 6.07) is 4.30. The van der Waals surface area contributed by atoms with Crippen molar-refractivity contribution in [3.8, 4) is 0 Å². The van der Waals surface area contributed by atoms with E-state index in [-0.39, 0.29) is 11.3 Å². The fourth-order valence-corrected chi connectivity index (χ4v) is 3.15. The predicted octanol–water partition coefficient (Wildman–Crippen LogP) is 1.87. The van der Waals surface area contributed by atoms with Crippen molar-refractivity contribution >= 4 is 17.4 Å². The molecule has 0 radical (unpaired) electrons. The van der Waals surface area contributed by atoms with Gasteiger partial charge in [0.2, 0.25) is 5.91 Å². The van der Waals surface area contributed by atoms with Crippen LogP contribution in [0.4, 0.5) is 5.82 Å². The van der Waals surface area contributed by atoms with E-state index in [1.807, 2.05) is 28.6 Å². The zero-order valence-electron chi connectivity index (χ0n) is 15.2. The number of amides is 1. The van der Waals surface area contributed by atoms with Gasteiger partial charge in [0.15, 0.2) is 11.5 Å². The van der Waals surface area contributed by atoms with Crippen molar-refractivity contribution in [1.82, 2.24) is 24.7 Å². The van der Waals surface area contributed by atoms with Crippen LogP contribution in [0.2, 0.25) is 0 Å². The highest BCUT2D eigenvalue weighted by Crippen LogP contribution is 2.24. The second kappa shape index (κ2) is 6.03. The molecule has 0 unspecified atom stereocenters. The molecule has 2 aromatic heterocycles. The lowest BCUT2D eigenvalue weighted by Gasteiger charge is -2.36. The first kappa shape index (κ1) is 16.7. The number of piperidine rings is 1. The average Bonchev–Trinajstić information content (AvgIpc) is 2.97. The first-order valence-electron chi connectivity index (χ1n) is 8.48. The molecule has 7 nitrogen and oxygen atoms in total. The van der Waals surface area contributed by atoms with Crippen molar-refractivity contribution in [1.29, 1.82) is 0 Å². The van der Waals surface area contributed by atoms with Gasteiger partial charge < -0.3 is 9.80 Å². The Hall–Kier alpha value is -2.18. The molecule has 24 heavy (non-hydrogen) atoms. The largest absolute Gasteiger partial charge is 0.355 e. The smallest absolute Gasteiger partial charge is 0.219 e. The third kappa shape index (κ3) is 3.07. The summed E-state index contributed by atoms with van der Waals surface area (Å²) in [4.78, 5) is 15.7. The molecule has 3 heterocycles. The van der Waals surface area contributed by atoms with Gasteiger partial charge in [-0.2, -0.15) is 4.52 Å². The molecule has 0 aliphatic carbocycles. The van der Waals surface area contributed by atoms with Crippen molar-refractivity contribution in [2.45, 2.75) is 52.0 Å². The monoisotopic (exact) mass is 330 g/mol. The van der Waals surface area contributed by atoms with Gasteiger partial charge in [-0.15, -0.1) is 15.3 Å². The molecule has 1 aliphatic heterocycles. The SMILES string of the molecule is CC(=O)N(C)C1CCN(c2ccc3nnc(C(C)(C)C)n3n2)CC1. The molecule has 0 spiro atoms. The van der Waals surface area contributed by atoms with Crippen LogP contribution < -0.4 is 4.90 Å². The average molecular weight is 330 g/mol. The van der Waals surface area contributed by atoms with Crippen LogP contribution >= 0.6 is 0 Å². The third-order valence-electron chi connectivity index (χ3n) is 4.75. The number of carbonyl (C=O) groups is 1. The summed E-state index contributed by atoms with van der Waals surface area (Å²) in [5.74, 6) is 1.94. The van der Waals surface area contributed by atoms with E-state index in [9.17, 15) is 4.79 Å². The van der Waals surface area contributed by atoms with E-state index in [1.165, 1.54) is 0 Å². The van der Waals surface area contributed by atoms with Crippen LogP contribution in [0.5, 0.6) is 0 Å². The molecule has 1 amide bonds. The van der Waals surface area contributed by atoms with E-state index in [0.717, 1.165) is 43.2 Å². The van der Waals surface area contributed by atoms with Gasteiger partial charge in [0, 0.05) is 38.5 Å². The van der Waals surface area contributed by atoms with Gasteiger partial charge in [0.1, 0.15) is 5.82 Å². The molecule has 7 heteroatoms. The summed E-state index contributed by atoms with van der Waals surface area (Å²) in [7, 11) is 1.89. The molecule has 1 saturated heterocycles. The molecule has 2 aromatic rings. The lowest BCUT2D eigenvalue weighted by molar-refractivity contribution is -0.129. The highest BCUT2D eigenvalue weighted by atomic mass is 16.2. The van der Waals surface area contributed by atoms with Gasteiger partial charge >= 0.3 is 0 Å². The van der Waals surface area contributed by atoms with Crippen LogP contribution in [0.3, 0.4) is 0 Å². The fraction of sp³-hybridized carbons (Fsp3) is 0.647. The van der Waals surface area contributed by atoms with Gasteiger partial charge in [-0.25, -0.2) is 0 Å². The maximum Gasteiger partial charge on any atom is 0.219 e. The zero-order valence-corrected chi connectivity index (χ0v) is 15.2. The van der Waals surface area contributed by atoms with E-state index in [0.29, 0.717) is 6.04 Å². The molecule has 130 valence electrons. The number of hydrogen-bond donors (Lipinski definition) is 0. The van der Waals surface area contributed by atoms with Crippen LogP contribution in [-0.2, 0) is 10.2 Å². The van der Waals surface area contributed by atoms with Crippen molar-refractivity contribution in [3.05, 3.63) is 18.0 Å². The van der Waals surface area contributed by atoms with Gasteiger partial charge in [0.25, 0.3) is 0 Å². The molecule has 0 bridgehead atoms. The van der Waals surface area contributed by atoms with Crippen LogP contribution in [-0.4, -0.2) is 56.8 Å². The lowest BCUT2D eigenvalue weighted by atomic mass is 9.96. The van der Waals surface area contributed by atoms with Crippen molar-refractivity contribution in [3.63, 3.8) is 0 Å². The van der Waals surface area contributed by atoms with Crippen LogP contribution in [0.1, 0.15) is 46.4 Å². The molecule has 1 fully saturated rings. The van der Waals surface area contributed by atoms with Gasteiger partial charge in [0.05, 0.1) is 0 Å². The predicted molar refractivity (Wildman–Crippen MR) is 93.2 cm³/mol. The number of hydrogen-bond acceptors (Lipinski definition) is 5. The molecule has 3 rings (SSSR count). The molecular formula is C17H26N6O. The summed E-state index contributed by atoms with van der Waals surface area (Å²) < 4.78 is 1.85. The number of fused-ring (bicyclic) bond motifs is 1. The summed E-state index contributed by atoms with van der Waals surface area (Å²) in [6.45, 7) is 9.76. The van der Waals surface area contributed by atoms with E-state index in [1.54, 1.807) is 6.92 Å². The minimum Gasteiger partial charge on any atom is -0.355 e. The zero-order chi connectivity index (χ0) is 17.5. The number of rotatable bonds is 2. The Balaban J connectivity index is 1.80. The molecule has 0 N–H and O–H groups in total. The van der Waals surface area contributed by atoms with E-state index >= 15 is 0 Å². The quantitative estimate of drug-likeness (QED) is 0.841. The Kier molecular flexibility index (Phi) is 4.19. The van der Waals surface area contributed by atoms with Crippen LogP contribution in [0, 0.1) is 0 Å². The standard InChI is InChI=1S/C17H26N6O/c1-12(24)21(5)13-8-10-22(11-9-13)15-7-6-14-18-19-16(17(2,3)4)23(14)20-15/h6-7,13H,8-11H2,1-5H3. The Labute approximate surface area is 142 Å². The molecular weight excluding hydrogens is 304 g/mol. The Morgan fingerprint density at radius 1 is 1.21 bits per heavy atom. The molecule has 1 aliphatic rings. The van der Waals surface area contributed by atoms with E-state index in [4.69, 9.17) is 5.10 Å². The van der Waals surface area contributed by atoms with Gasteiger partial charge in [-0.1, -0.05) is 20.8 Å². The first-order valence-corrected chi connectivity index (χ1v) is 8.48. The van der Waals surface area contributed by atoms with Crippen LogP contribution in [0.15, 0.2) is 12.1 Å². The second-order valence-electron chi connectivity index (χ2n) is 7.58. The Morgan fingerprint density at radius 3 is 2.46 bits per heavy atom.